The average molecular weight is 279 g/mol. The molecule has 0 radical (unpaired) electrons. The molecular formula is C14H12ClFN2O. The summed E-state index contributed by atoms with van der Waals surface area (Å²) in [6.07, 6.45) is 0. The highest BCUT2D eigenvalue weighted by Crippen LogP contribution is 2.20. The van der Waals surface area contributed by atoms with Crippen LogP contribution in [0.1, 0.15) is 15.9 Å². The molecule has 0 spiro atoms. The first kappa shape index (κ1) is 13.5. The smallest absolute Gasteiger partial charge is 0.260 e. The number of carbonyl (C=O) groups is 1. The molecular weight excluding hydrogens is 267 g/mol. The lowest BCUT2D eigenvalue weighted by Crippen LogP contribution is -2.14. The molecule has 0 aliphatic rings. The third-order valence-electron chi connectivity index (χ3n) is 2.61. The van der Waals surface area contributed by atoms with Crippen LogP contribution in [0, 0.1) is 5.82 Å². The normalized spacial score (nSPS) is 10.3. The number of hydrogen-bond acceptors (Lipinski definition) is 2. The van der Waals surface area contributed by atoms with Gasteiger partial charge in [-0.3, -0.25) is 4.79 Å². The van der Waals surface area contributed by atoms with Gasteiger partial charge in [-0.05, 0) is 29.8 Å². The second-order valence-electron chi connectivity index (χ2n) is 3.96. The fourth-order valence-electron chi connectivity index (χ4n) is 1.68. The number of benzene rings is 2. The molecule has 0 unspecified atom stereocenters. The van der Waals surface area contributed by atoms with Crippen LogP contribution in [0.25, 0.3) is 0 Å². The van der Waals surface area contributed by atoms with E-state index in [9.17, 15) is 9.18 Å². The summed E-state index contributed by atoms with van der Waals surface area (Å²) in [5.74, 6) is -1.24. The molecule has 0 bridgehead atoms. The zero-order chi connectivity index (χ0) is 13.8. The van der Waals surface area contributed by atoms with Crippen LogP contribution in [-0.2, 0) is 6.54 Å². The minimum Gasteiger partial charge on any atom is -0.326 e. The Bertz CT molecular complexity index is 596. The van der Waals surface area contributed by atoms with Crippen molar-refractivity contribution in [2.75, 3.05) is 5.32 Å². The van der Waals surface area contributed by atoms with Crippen LogP contribution in [0.15, 0.2) is 42.5 Å². The van der Waals surface area contributed by atoms with Crippen LogP contribution >= 0.6 is 11.6 Å². The lowest BCUT2D eigenvalue weighted by molar-refractivity contribution is 0.102. The molecule has 0 aliphatic heterocycles. The summed E-state index contributed by atoms with van der Waals surface area (Å²) >= 11 is 5.83. The molecule has 2 rings (SSSR count). The minimum atomic E-state index is -0.653. The topological polar surface area (TPSA) is 55.1 Å². The van der Waals surface area contributed by atoms with Crippen molar-refractivity contribution in [3.63, 3.8) is 0 Å². The van der Waals surface area contributed by atoms with Gasteiger partial charge in [0.1, 0.15) is 5.82 Å². The zero-order valence-electron chi connectivity index (χ0n) is 9.99. The van der Waals surface area contributed by atoms with Gasteiger partial charge in [-0.15, -0.1) is 0 Å². The summed E-state index contributed by atoms with van der Waals surface area (Å²) in [6, 6.07) is 11.1. The minimum absolute atomic E-state index is 0.0764. The van der Waals surface area contributed by atoms with Gasteiger partial charge in [0.05, 0.1) is 10.6 Å². The molecule has 0 atom stereocenters. The molecule has 0 aliphatic carbocycles. The van der Waals surface area contributed by atoms with E-state index >= 15 is 0 Å². The van der Waals surface area contributed by atoms with Gasteiger partial charge in [-0.1, -0.05) is 29.8 Å². The van der Waals surface area contributed by atoms with E-state index in [0.29, 0.717) is 12.2 Å². The Balaban J connectivity index is 2.26. The Morgan fingerprint density at radius 1 is 1.26 bits per heavy atom. The maximum Gasteiger partial charge on any atom is 0.260 e. The molecule has 19 heavy (non-hydrogen) atoms. The van der Waals surface area contributed by atoms with Crippen molar-refractivity contribution >= 4 is 23.2 Å². The highest BCUT2D eigenvalue weighted by Gasteiger charge is 2.15. The van der Waals surface area contributed by atoms with E-state index in [0.717, 1.165) is 5.56 Å². The third kappa shape index (κ3) is 3.10. The van der Waals surface area contributed by atoms with Crippen molar-refractivity contribution in [2.24, 2.45) is 5.73 Å². The predicted molar refractivity (Wildman–Crippen MR) is 73.7 cm³/mol. The van der Waals surface area contributed by atoms with Gasteiger partial charge >= 0.3 is 0 Å². The quantitative estimate of drug-likeness (QED) is 0.906. The summed E-state index contributed by atoms with van der Waals surface area (Å²) in [5.41, 5.74) is 6.77. The fraction of sp³-hybridized carbons (Fsp3) is 0.0714. The molecule has 0 aromatic heterocycles. The Labute approximate surface area is 115 Å². The number of rotatable bonds is 3. The molecule has 5 heteroatoms. The number of amides is 1. The molecule has 0 heterocycles. The number of hydrogen-bond donors (Lipinski definition) is 2. The van der Waals surface area contributed by atoms with Gasteiger partial charge in [0.25, 0.3) is 5.91 Å². The number of carbonyl (C=O) groups excluding carboxylic acids is 1. The van der Waals surface area contributed by atoms with E-state index in [4.69, 9.17) is 17.3 Å². The summed E-state index contributed by atoms with van der Waals surface area (Å²) in [6.45, 7) is 0.365. The van der Waals surface area contributed by atoms with Gasteiger partial charge in [0.2, 0.25) is 0 Å². The first-order valence-corrected chi connectivity index (χ1v) is 6.04. The van der Waals surface area contributed by atoms with Crippen LogP contribution in [-0.4, -0.2) is 5.91 Å². The molecule has 2 aromatic carbocycles. The average Bonchev–Trinajstić information content (AvgIpc) is 2.38. The largest absolute Gasteiger partial charge is 0.326 e. The van der Waals surface area contributed by atoms with Crippen molar-refractivity contribution in [3.8, 4) is 0 Å². The Morgan fingerprint density at radius 3 is 2.68 bits per heavy atom. The monoisotopic (exact) mass is 278 g/mol. The Kier molecular flexibility index (Phi) is 4.14. The molecule has 0 saturated carbocycles. The zero-order valence-corrected chi connectivity index (χ0v) is 10.7. The van der Waals surface area contributed by atoms with Gasteiger partial charge in [-0.25, -0.2) is 4.39 Å². The number of halogens is 2. The van der Waals surface area contributed by atoms with E-state index in [2.05, 4.69) is 5.32 Å². The predicted octanol–water partition coefficient (Wildman–Crippen LogP) is 3.19. The van der Waals surface area contributed by atoms with Crippen LogP contribution in [0.5, 0.6) is 0 Å². The Morgan fingerprint density at radius 2 is 2.00 bits per heavy atom. The van der Waals surface area contributed by atoms with Crippen molar-refractivity contribution in [2.45, 2.75) is 6.54 Å². The van der Waals surface area contributed by atoms with Gasteiger partial charge in [0.15, 0.2) is 0 Å². The molecule has 2 aromatic rings. The van der Waals surface area contributed by atoms with Gasteiger partial charge < -0.3 is 11.1 Å². The van der Waals surface area contributed by atoms with Crippen LogP contribution < -0.4 is 11.1 Å². The van der Waals surface area contributed by atoms with Gasteiger partial charge in [-0.2, -0.15) is 0 Å². The van der Waals surface area contributed by atoms with Crippen molar-refractivity contribution < 1.29 is 9.18 Å². The second-order valence-corrected chi connectivity index (χ2v) is 4.36. The number of anilines is 1. The highest BCUT2D eigenvalue weighted by atomic mass is 35.5. The van der Waals surface area contributed by atoms with Crippen molar-refractivity contribution in [1.29, 1.82) is 0 Å². The Hall–Kier alpha value is -1.91. The summed E-state index contributed by atoms with van der Waals surface area (Å²) in [4.78, 5) is 12.0. The highest BCUT2D eigenvalue weighted by molar-refractivity contribution is 6.34. The number of nitrogens with one attached hydrogen (secondary N) is 1. The molecule has 3 N–H and O–H groups in total. The first-order valence-electron chi connectivity index (χ1n) is 5.66. The SMILES string of the molecule is NCc1cccc(NC(=O)c2c(F)cccc2Cl)c1. The van der Waals surface area contributed by atoms with E-state index in [1.807, 2.05) is 6.07 Å². The fourth-order valence-corrected chi connectivity index (χ4v) is 1.93. The number of nitrogens with two attached hydrogens (primary N) is 1. The van der Waals surface area contributed by atoms with Gasteiger partial charge in [0, 0.05) is 12.2 Å². The standard InChI is InChI=1S/C14H12ClFN2O/c15-11-5-2-6-12(16)13(11)14(19)18-10-4-1-3-9(7-10)8-17/h1-7H,8,17H2,(H,18,19). The molecule has 3 nitrogen and oxygen atoms in total. The second kappa shape index (κ2) is 5.82. The van der Waals surface area contributed by atoms with E-state index < -0.39 is 11.7 Å². The summed E-state index contributed by atoms with van der Waals surface area (Å²) in [5, 5.41) is 2.67. The van der Waals surface area contributed by atoms with E-state index in [-0.39, 0.29) is 10.6 Å². The summed E-state index contributed by atoms with van der Waals surface area (Å²) < 4.78 is 13.6. The maximum absolute atomic E-state index is 13.6. The van der Waals surface area contributed by atoms with E-state index in [1.165, 1.54) is 18.2 Å². The van der Waals surface area contributed by atoms with Crippen LogP contribution in [0.3, 0.4) is 0 Å². The molecule has 98 valence electrons. The maximum atomic E-state index is 13.6. The van der Waals surface area contributed by atoms with Crippen LogP contribution in [0.2, 0.25) is 5.02 Å². The molecule has 0 fully saturated rings. The lowest BCUT2D eigenvalue weighted by atomic mass is 10.1. The first-order chi connectivity index (χ1) is 9.11. The summed E-state index contributed by atoms with van der Waals surface area (Å²) in [7, 11) is 0. The van der Waals surface area contributed by atoms with Crippen molar-refractivity contribution in [1.82, 2.24) is 0 Å². The third-order valence-corrected chi connectivity index (χ3v) is 2.93. The molecule has 0 saturated heterocycles. The lowest BCUT2D eigenvalue weighted by Gasteiger charge is -2.08. The molecule has 1 amide bonds. The van der Waals surface area contributed by atoms with Crippen molar-refractivity contribution in [3.05, 3.63) is 64.4 Å². The van der Waals surface area contributed by atoms with E-state index in [1.54, 1.807) is 18.2 Å². The van der Waals surface area contributed by atoms with Crippen LogP contribution in [0.4, 0.5) is 10.1 Å².